The highest BCUT2D eigenvalue weighted by molar-refractivity contribution is 7.99. The number of benzene rings is 1. The van der Waals surface area contributed by atoms with E-state index in [1.807, 2.05) is 31.2 Å². The van der Waals surface area contributed by atoms with Crippen molar-refractivity contribution in [1.82, 2.24) is 30.1 Å². The Kier molecular flexibility index (Phi) is 5.94. The molecular weight excluding hydrogens is 388 g/mol. The van der Waals surface area contributed by atoms with Crippen molar-refractivity contribution in [3.63, 3.8) is 0 Å². The molecule has 9 heteroatoms. The number of nitrogens with zero attached hydrogens (tertiary/aromatic N) is 4. The summed E-state index contributed by atoms with van der Waals surface area (Å²) in [5, 5.41) is 16.1. The van der Waals surface area contributed by atoms with Crippen molar-refractivity contribution in [3.05, 3.63) is 51.4 Å². The van der Waals surface area contributed by atoms with Crippen LogP contribution in [-0.4, -0.2) is 42.5 Å². The fourth-order valence-electron chi connectivity index (χ4n) is 3.52. The molecule has 0 aliphatic heterocycles. The smallest absolute Gasteiger partial charge is 0.274 e. The molecule has 1 aliphatic carbocycles. The Morgan fingerprint density at radius 3 is 2.72 bits per heavy atom. The van der Waals surface area contributed by atoms with Crippen LogP contribution in [0, 0.1) is 6.92 Å². The largest absolute Gasteiger partial charge is 0.353 e. The molecule has 1 aliphatic rings. The average molecular weight is 413 g/mol. The van der Waals surface area contributed by atoms with Crippen LogP contribution in [0.1, 0.15) is 48.9 Å². The number of carbonyl (C=O) groups excluding carboxylic acids is 1. The molecule has 0 bridgehead atoms. The van der Waals surface area contributed by atoms with Gasteiger partial charge in [0, 0.05) is 12.5 Å². The van der Waals surface area contributed by atoms with Crippen molar-refractivity contribution in [3.8, 4) is 0 Å². The fourth-order valence-corrected chi connectivity index (χ4v) is 4.22. The van der Waals surface area contributed by atoms with Crippen molar-refractivity contribution >= 4 is 23.4 Å². The van der Waals surface area contributed by atoms with Crippen LogP contribution in [0.4, 0.5) is 0 Å². The normalized spacial score (nSPS) is 14.9. The van der Waals surface area contributed by atoms with E-state index in [1.54, 1.807) is 0 Å². The number of rotatable bonds is 6. The lowest BCUT2D eigenvalue weighted by atomic mass is 9.95. The summed E-state index contributed by atoms with van der Waals surface area (Å²) in [5.41, 5.74) is 2.27. The molecule has 0 unspecified atom stereocenters. The molecule has 0 saturated heterocycles. The standard InChI is InChI=1S/C20H24N6O2S/c1-13-7-9-14(10-8-13)11-16-18(28)22-19-23-24-20(26(19)25-16)29-12-17(27)21-15-5-3-2-4-6-15/h7-10,15H,2-6,11-12H2,1H3,(H,21,27)(H,22,23,28). The summed E-state index contributed by atoms with van der Waals surface area (Å²) < 4.78 is 1.50. The van der Waals surface area contributed by atoms with Gasteiger partial charge in [-0.1, -0.05) is 60.9 Å². The van der Waals surface area contributed by atoms with Gasteiger partial charge in [-0.2, -0.15) is 9.61 Å². The maximum atomic E-state index is 12.3. The number of hydrogen-bond acceptors (Lipinski definition) is 6. The first-order valence-corrected chi connectivity index (χ1v) is 10.9. The Hall–Kier alpha value is -2.68. The van der Waals surface area contributed by atoms with Crippen molar-refractivity contribution in [2.75, 3.05) is 5.75 Å². The van der Waals surface area contributed by atoms with Gasteiger partial charge in [-0.3, -0.25) is 14.6 Å². The lowest BCUT2D eigenvalue weighted by Gasteiger charge is -2.22. The Balaban J connectivity index is 1.46. The molecule has 29 heavy (non-hydrogen) atoms. The molecule has 0 radical (unpaired) electrons. The Labute approximate surface area is 172 Å². The highest BCUT2D eigenvalue weighted by Gasteiger charge is 2.17. The van der Waals surface area contributed by atoms with Gasteiger partial charge < -0.3 is 5.32 Å². The zero-order valence-electron chi connectivity index (χ0n) is 16.4. The van der Waals surface area contributed by atoms with Crippen molar-refractivity contribution in [2.24, 2.45) is 0 Å². The molecule has 1 aromatic carbocycles. The van der Waals surface area contributed by atoms with Gasteiger partial charge in [-0.05, 0) is 25.3 Å². The number of H-pyrrole nitrogens is 1. The number of aromatic amines is 1. The number of amides is 1. The fraction of sp³-hybridized carbons (Fsp3) is 0.450. The molecule has 2 heterocycles. The van der Waals surface area contributed by atoms with Crippen LogP contribution in [0.2, 0.25) is 0 Å². The van der Waals surface area contributed by atoms with Crippen LogP contribution in [0.25, 0.3) is 5.78 Å². The van der Waals surface area contributed by atoms with E-state index >= 15 is 0 Å². The van der Waals surface area contributed by atoms with Crippen LogP contribution in [0.3, 0.4) is 0 Å². The van der Waals surface area contributed by atoms with E-state index in [-0.39, 0.29) is 29.0 Å². The summed E-state index contributed by atoms with van der Waals surface area (Å²) in [6, 6.07) is 8.26. The Morgan fingerprint density at radius 1 is 1.21 bits per heavy atom. The minimum Gasteiger partial charge on any atom is -0.353 e. The quantitative estimate of drug-likeness (QED) is 0.602. The summed E-state index contributed by atoms with van der Waals surface area (Å²) in [6.45, 7) is 2.02. The lowest BCUT2D eigenvalue weighted by molar-refractivity contribution is -0.119. The second-order valence-electron chi connectivity index (χ2n) is 7.47. The van der Waals surface area contributed by atoms with Crippen LogP contribution in [0.5, 0.6) is 0 Å². The Bertz CT molecular complexity index is 1050. The second-order valence-corrected chi connectivity index (χ2v) is 8.41. The average Bonchev–Trinajstić information content (AvgIpc) is 3.11. The zero-order valence-corrected chi connectivity index (χ0v) is 17.2. The van der Waals surface area contributed by atoms with E-state index in [4.69, 9.17) is 0 Å². The summed E-state index contributed by atoms with van der Waals surface area (Å²) in [5.74, 6) is 0.506. The van der Waals surface area contributed by atoms with E-state index in [0.29, 0.717) is 17.3 Å². The third kappa shape index (κ3) is 4.84. The van der Waals surface area contributed by atoms with Crippen molar-refractivity contribution < 1.29 is 4.79 Å². The van der Waals surface area contributed by atoms with Gasteiger partial charge in [-0.25, -0.2) is 0 Å². The number of fused-ring (bicyclic) bond motifs is 1. The molecule has 2 aromatic heterocycles. The van der Waals surface area contributed by atoms with Crippen LogP contribution >= 0.6 is 11.8 Å². The highest BCUT2D eigenvalue weighted by atomic mass is 32.2. The molecule has 3 aromatic rings. The number of carbonyl (C=O) groups is 1. The third-order valence-corrected chi connectivity index (χ3v) is 6.03. The number of hydrogen-bond donors (Lipinski definition) is 2. The molecule has 0 spiro atoms. The maximum absolute atomic E-state index is 12.3. The first kappa shape index (κ1) is 19.6. The maximum Gasteiger partial charge on any atom is 0.274 e. The number of aryl methyl sites for hydroxylation is 1. The van der Waals surface area contributed by atoms with Gasteiger partial charge in [0.1, 0.15) is 5.69 Å². The predicted octanol–water partition coefficient (Wildman–Crippen LogP) is 2.25. The van der Waals surface area contributed by atoms with Crippen molar-refractivity contribution in [1.29, 1.82) is 0 Å². The van der Waals surface area contributed by atoms with Gasteiger partial charge >= 0.3 is 0 Å². The molecule has 1 saturated carbocycles. The SMILES string of the molecule is Cc1ccc(Cc2nn3c(SCC(=O)NC4CCCCC4)nnc3[nH]c2=O)cc1. The second kappa shape index (κ2) is 8.77. The highest BCUT2D eigenvalue weighted by Crippen LogP contribution is 2.19. The molecule has 1 fully saturated rings. The molecule has 1 amide bonds. The van der Waals surface area contributed by atoms with E-state index < -0.39 is 0 Å². The van der Waals surface area contributed by atoms with Crippen LogP contribution < -0.4 is 10.9 Å². The number of nitrogens with one attached hydrogen (secondary N) is 2. The monoisotopic (exact) mass is 412 g/mol. The summed E-state index contributed by atoms with van der Waals surface area (Å²) >= 11 is 1.27. The van der Waals surface area contributed by atoms with Gasteiger partial charge in [0.2, 0.25) is 11.1 Å². The number of aromatic nitrogens is 5. The first-order valence-electron chi connectivity index (χ1n) is 9.91. The van der Waals surface area contributed by atoms with Crippen LogP contribution in [0.15, 0.2) is 34.2 Å². The Morgan fingerprint density at radius 2 is 1.97 bits per heavy atom. The van der Waals surface area contributed by atoms with E-state index in [0.717, 1.165) is 24.0 Å². The molecule has 0 atom stereocenters. The van der Waals surface area contributed by atoms with E-state index in [2.05, 4.69) is 25.6 Å². The summed E-state index contributed by atoms with van der Waals surface area (Å²) in [4.78, 5) is 27.3. The molecular formula is C20H24N6O2S. The minimum absolute atomic E-state index is 0.0112. The van der Waals surface area contributed by atoms with Crippen molar-refractivity contribution in [2.45, 2.75) is 56.6 Å². The first-order chi connectivity index (χ1) is 14.1. The van der Waals surface area contributed by atoms with Gasteiger partial charge in [0.15, 0.2) is 0 Å². The van der Waals surface area contributed by atoms with Gasteiger partial charge in [-0.15, -0.1) is 10.2 Å². The minimum atomic E-state index is -0.280. The van der Waals surface area contributed by atoms with Gasteiger partial charge in [0.25, 0.3) is 11.3 Å². The summed E-state index contributed by atoms with van der Waals surface area (Å²) in [7, 11) is 0. The molecule has 2 N–H and O–H groups in total. The van der Waals surface area contributed by atoms with Gasteiger partial charge in [0.05, 0.1) is 5.75 Å². The van der Waals surface area contributed by atoms with E-state index in [1.165, 1.54) is 35.5 Å². The molecule has 4 rings (SSSR count). The summed E-state index contributed by atoms with van der Waals surface area (Å²) in [6.07, 6.45) is 6.12. The van der Waals surface area contributed by atoms with E-state index in [9.17, 15) is 9.59 Å². The molecule has 8 nitrogen and oxygen atoms in total. The third-order valence-electron chi connectivity index (χ3n) is 5.12. The zero-order chi connectivity index (χ0) is 20.2. The molecule has 152 valence electrons. The predicted molar refractivity (Wildman–Crippen MR) is 111 cm³/mol. The number of thioether (sulfide) groups is 1. The topological polar surface area (TPSA) is 105 Å². The van der Waals surface area contributed by atoms with Crippen LogP contribution in [-0.2, 0) is 11.2 Å². The lowest BCUT2D eigenvalue weighted by Crippen LogP contribution is -2.37.